The van der Waals surface area contributed by atoms with E-state index in [1.165, 1.54) is 55.2 Å². The number of rotatable bonds is 5. The average Bonchev–Trinajstić information content (AvgIpc) is 2.40. The molecule has 1 aromatic rings. The van der Waals surface area contributed by atoms with Gasteiger partial charge in [0.2, 0.25) is 0 Å². The van der Waals surface area contributed by atoms with Gasteiger partial charge in [0.15, 0.2) is 0 Å². The van der Waals surface area contributed by atoms with Gasteiger partial charge in [0.1, 0.15) is 0 Å². The Balaban J connectivity index is 1.96. The summed E-state index contributed by atoms with van der Waals surface area (Å²) < 4.78 is 0. The molecule has 0 heterocycles. The van der Waals surface area contributed by atoms with Crippen molar-refractivity contribution in [3.63, 3.8) is 0 Å². The second-order valence-corrected chi connectivity index (χ2v) is 6.99. The second kappa shape index (κ2) is 7.11. The largest absolute Gasteiger partial charge is 0.0999 e. The molecule has 110 valence electrons. The Kier molecular flexibility index (Phi) is 5.46. The van der Waals surface area contributed by atoms with E-state index in [0.29, 0.717) is 0 Å². The number of benzene rings is 1. The van der Waals surface area contributed by atoms with Gasteiger partial charge in [0.25, 0.3) is 0 Å². The molecule has 0 saturated heterocycles. The summed E-state index contributed by atoms with van der Waals surface area (Å²) >= 11 is 0. The molecular weight excluding hydrogens is 240 g/mol. The number of allylic oxidation sites excluding steroid dienone is 1. The topological polar surface area (TPSA) is 0 Å². The minimum Gasteiger partial charge on any atom is -0.0999 e. The fraction of sp³-hybridized carbons (Fsp3) is 0.600. The van der Waals surface area contributed by atoms with Gasteiger partial charge in [0.05, 0.1) is 0 Å². The van der Waals surface area contributed by atoms with Crippen molar-refractivity contribution in [2.24, 2.45) is 17.8 Å². The van der Waals surface area contributed by atoms with Crippen LogP contribution in [-0.4, -0.2) is 0 Å². The van der Waals surface area contributed by atoms with Crippen LogP contribution in [0.4, 0.5) is 0 Å². The molecule has 1 aliphatic carbocycles. The van der Waals surface area contributed by atoms with Crippen LogP contribution in [0.2, 0.25) is 0 Å². The zero-order chi connectivity index (χ0) is 14.5. The van der Waals surface area contributed by atoms with Gasteiger partial charge in [-0.1, -0.05) is 56.7 Å². The third-order valence-corrected chi connectivity index (χ3v) is 4.82. The molecule has 0 N–H and O–H groups in total. The minimum atomic E-state index is 0.753. The number of hydrogen-bond donors (Lipinski definition) is 0. The van der Waals surface area contributed by atoms with E-state index in [0.717, 1.165) is 17.8 Å². The molecule has 0 bridgehead atoms. The zero-order valence-corrected chi connectivity index (χ0v) is 13.5. The molecule has 0 aliphatic heterocycles. The summed E-state index contributed by atoms with van der Waals surface area (Å²) in [5, 5.41) is 0. The van der Waals surface area contributed by atoms with Crippen molar-refractivity contribution in [1.82, 2.24) is 0 Å². The highest BCUT2D eigenvalue weighted by atomic mass is 14.3. The lowest BCUT2D eigenvalue weighted by molar-refractivity contribution is 0.229. The van der Waals surface area contributed by atoms with Gasteiger partial charge in [0, 0.05) is 0 Å². The third kappa shape index (κ3) is 4.23. The minimum absolute atomic E-state index is 0.753. The lowest BCUT2D eigenvalue weighted by Gasteiger charge is -2.34. The van der Waals surface area contributed by atoms with Gasteiger partial charge in [-0.25, -0.2) is 0 Å². The summed E-state index contributed by atoms with van der Waals surface area (Å²) in [5.74, 6) is 2.45. The molecule has 0 amide bonds. The molecule has 0 radical (unpaired) electrons. The van der Waals surface area contributed by atoms with E-state index in [2.05, 4.69) is 51.6 Å². The first-order valence-electron chi connectivity index (χ1n) is 8.31. The lowest BCUT2D eigenvalue weighted by Crippen LogP contribution is -2.23. The predicted octanol–water partition coefficient (Wildman–Crippen LogP) is 5.81. The predicted molar refractivity (Wildman–Crippen MR) is 89.0 cm³/mol. The highest BCUT2D eigenvalue weighted by molar-refractivity contribution is 5.23. The summed E-state index contributed by atoms with van der Waals surface area (Å²) in [7, 11) is 0. The van der Waals surface area contributed by atoms with Crippen LogP contribution in [-0.2, 0) is 12.8 Å². The van der Waals surface area contributed by atoms with Gasteiger partial charge < -0.3 is 0 Å². The molecule has 3 atom stereocenters. The Bertz CT molecular complexity index is 426. The Morgan fingerprint density at radius 2 is 1.75 bits per heavy atom. The van der Waals surface area contributed by atoms with Gasteiger partial charge >= 0.3 is 0 Å². The van der Waals surface area contributed by atoms with Crippen molar-refractivity contribution in [2.75, 3.05) is 0 Å². The maximum Gasteiger partial charge on any atom is -0.0203 e. The molecule has 1 fully saturated rings. The van der Waals surface area contributed by atoms with E-state index in [1.54, 1.807) is 0 Å². The molecule has 1 saturated carbocycles. The molecule has 20 heavy (non-hydrogen) atoms. The van der Waals surface area contributed by atoms with Crippen molar-refractivity contribution in [1.29, 1.82) is 0 Å². The molecule has 0 heteroatoms. The van der Waals surface area contributed by atoms with Crippen LogP contribution in [0.1, 0.15) is 57.6 Å². The summed E-state index contributed by atoms with van der Waals surface area (Å²) in [5.41, 5.74) is 4.39. The molecule has 0 unspecified atom stereocenters. The van der Waals surface area contributed by atoms with E-state index in [9.17, 15) is 0 Å². The fourth-order valence-corrected chi connectivity index (χ4v) is 3.78. The van der Waals surface area contributed by atoms with Crippen LogP contribution >= 0.6 is 0 Å². The molecule has 2 rings (SSSR count). The van der Waals surface area contributed by atoms with Crippen LogP contribution in [0.25, 0.3) is 0 Å². The van der Waals surface area contributed by atoms with E-state index in [1.807, 2.05) is 0 Å². The fourth-order valence-electron chi connectivity index (χ4n) is 3.78. The van der Waals surface area contributed by atoms with E-state index >= 15 is 0 Å². The van der Waals surface area contributed by atoms with Crippen LogP contribution in [0.5, 0.6) is 0 Å². The highest BCUT2D eigenvalue weighted by Gasteiger charge is 2.26. The van der Waals surface area contributed by atoms with Gasteiger partial charge in [-0.2, -0.15) is 0 Å². The quantitative estimate of drug-likeness (QED) is 0.592. The standard InChI is InChI=1S/C20H30/c1-5-6-17-7-9-18(10-8-17)13-19-11-16(4)12-20(14-19)15(2)3/h7-10,16,19-20H,2,5-6,11-14H2,1,3-4H3/t16-,19-,20-/m1/s1. The number of hydrogen-bond acceptors (Lipinski definition) is 0. The van der Waals surface area contributed by atoms with Gasteiger partial charge in [-0.05, 0) is 67.9 Å². The first-order valence-corrected chi connectivity index (χ1v) is 8.31. The first-order chi connectivity index (χ1) is 9.58. The Labute approximate surface area is 125 Å². The highest BCUT2D eigenvalue weighted by Crippen LogP contribution is 2.37. The molecule has 0 spiro atoms. The van der Waals surface area contributed by atoms with Gasteiger partial charge in [-0.3, -0.25) is 0 Å². The van der Waals surface area contributed by atoms with Crippen molar-refractivity contribution in [3.05, 3.63) is 47.5 Å². The van der Waals surface area contributed by atoms with E-state index in [4.69, 9.17) is 0 Å². The maximum atomic E-state index is 4.19. The van der Waals surface area contributed by atoms with Crippen molar-refractivity contribution in [3.8, 4) is 0 Å². The second-order valence-electron chi connectivity index (χ2n) is 6.99. The molecule has 0 aromatic heterocycles. The van der Waals surface area contributed by atoms with Gasteiger partial charge in [-0.15, -0.1) is 0 Å². The summed E-state index contributed by atoms with van der Waals surface area (Å²) in [6.07, 6.45) is 7.77. The molecular formula is C20H30. The number of aryl methyl sites for hydroxylation is 1. The normalized spacial score (nSPS) is 26.4. The van der Waals surface area contributed by atoms with Crippen molar-refractivity contribution in [2.45, 2.75) is 59.3 Å². The first kappa shape index (κ1) is 15.4. The lowest BCUT2D eigenvalue weighted by atomic mass is 9.72. The van der Waals surface area contributed by atoms with Crippen molar-refractivity contribution >= 4 is 0 Å². The van der Waals surface area contributed by atoms with Crippen LogP contribution in [0, 0.1) is 17.8 Å². The summed E-state index contributed by atoms with van der Waals surface area (Å²) in [6.45, 7) is 11.0. The Morgan fingerprint density at radius 1 is 1.10 bits per heavy atom. The summed E-state index contributed by atoms with van der Waals surface area (Å²) in [6, 6.07) is 9.34. The van der Waals surface area contributed by atoms with Crippen LogP contribution in [0.3, 0.4) is 0 Å². The van der Waals surface area contributed by atoms with Crippen molar-refractivity contribution < 1.29 is 0 Å². The van der Waals surface area contributed by atoms with Crippen LogP contribution < -0.4 is 0 Å². The maximum absolute atomic E-state index is 4.19. The average molecular weight is 270 g/mol. The summed E-state index contributed by atoms with van der Waals surface area (Å²) in [4.78, 5) is 0. The molecule has 1 aliphatic rings. The molecule has 0 nitrogen and oxygen atoms in total. The zero-order valence-electron chi connectivity index (χ0n) is 13.5. The Morgan fingerprint density at radius 3 is 2.35 bits per heavy atom. The SMILES string of the molecule is C=C(C)[C@@H]1C[C@H](C)C[C@H](Cc2ccc(CCC)cc2)C1. The molecule has 1 aromatic carbocycles. The van der Waals surface area contributed by atoms with E-state index < -0.39 is 0 Å². The smallest absolute Gasteiger partial charge is 0.0203 e. The third-order valence-electron chi connectivity index (χ3n) is 4.82. The monoisotopic (exact) mass is 270 g/mol. The Hall–Kier alpha value is -1.04. The van der Waals surface area contributed by atoms with Crippen LogP contribution in [0.15, 0.2) is 36.4 Å². The van der Waals surface area contributed by atoms with E-state index in [-0.39, 0.29) is 0 Å².